The van der Waals surface area contributed by atoms with Crippen molar-refractivity contribution in [3.8, 4) is 0 Å². The van der Waals surface area contributed by atoms with E-state index in [0.717, 1.165) is 6.42 Å². The van der Waals surface area contributed by atoms with E-state index in [1.807, 2.05) is 6.07 Å². The molecule has 0 bridgehead atoms. The summed E-state index contributed by atoms with van der Waals surface area (Å²) in [6.07, 6.45) is 3.45. The zero-order valence-electron chi connectivity index (χ0n) is 15.7. The van der Waals surface area contributed by atoms with E-state index in [4.69, 9.17) is 11.6 Å². The summed E-state index contributed by atoms with van der Waals surface area (Å²) in [5.74, 6) is -0.286. The molecule has 1 N–H and O–H groups in total. The third-order valence-corrected chi connectivity index (χ3v) is 5.12. The standard InChI is InChI=1S/C20H20ClN5O3/c21-14-7-8-15(16(13-14)24-11-3-6-18(24)27)19(28)22-9-4-12-26-20(29)25-10-2-1-5-17(25)23-26/h1-2,5,7-8,10,13H,3-4,6,9,11-12H2,(H,22,28). The van der Waals surface area contributed by atoms with E-state index < -0.39 is 0 Å². The maximum Gasteiger partial charge on any atom is 0.350 e. The summed E-state index contributed by atoms with van der Waals surface area (Å²) in [6.45, 7) is 1.34. The monoisotopic (exact) mass is 413 g/mol. The highest BCUT2D eigenvalue weighted by Gasteiger charge is 2.26. The van der Waals surface area contributed by atoms with Gasteiger partial charge in [0.15, 0.2) is 5.65 Å². The minimum absolute atomic E-state index is 0.00691. The summed E-state index contributed by atoms with van der Waals surface area (Å²) < 4.78 is 2.86. The molecule has 150 valence electrons. The van der Waals surface area contributed by atoms with Crippen molar-refractivity contribution in [3.63, 3.8) is 0 Å². The van der Waals surface area contributed by atoms with Crippen molar-refractivity contribution in [1.82, 2.24) is 19.5 Å². The predicted octanol–water partition coefficient (Wildman–Crippen LogP) is 2.10. The van der Waals surface area contributed by atoms with E-state index in [2.05, 4.69) is 10.4 Å². The van der Waals surface area contributed by atoms with Crippen molar-refractivity contribution in [3.05, 3.63) is 63.7 Å². The summed E-state index contributed by atoms with van der Waals surface area (Å²) >= 11 is 6.08. The number of aryl methyl sites for hydroxylation is 1. The van der Waals surface area contributed by atoms with Gasteiger partial charge in [-0.05, 0) is 43.2 Å². The second-order valence-electron chi connectivity index (χ2n) is 6.85. The fourth-order valence-corrected chi connectivity index (χ4v) is 3.63. The van der Waals surface area contributed by atoms with E-state index >= 15 is 0 Å². The van der Waals surface area contributed by atoms with Crippen LogP contribution in [0.4, 0.5) is 5.69 Å². The lowest BCUT2D eigenvalue weighted by molar-refractivity contribution is -0.117. The second kappa shape index (κ2) is 8.08. The molecule has 3 aromatic rings. The first-order chi connectivity index (χ1) is 14.0. The molecular weight excluding hydrogens is 394 g/mol. The van der Waals surface area contributed by atoms with Gasteiger partial charge in [-0.1, -0.05) is 17.7 Å². The molecule has 2 aromatic heterocycles. The Labute approximate surface area is 171 Å². The number of carbonyl (C=O) groups is 2. The molecule has 29 heavy (non-hydrogen) atoms. The highest BCUT2D eigenvalue weighted by Crippen LogP contribution is 2.28. The Morgan fingerprint density at radius 2 is 2.07 bits per heavy atom. The third-order valence-electron chi connectivity index (χ3n) is 4.89. The zero-order valence-corrected chi connectivity index (χ0v) is 16.4. The number of nitrogens with zero attached hydrogens (tertiary/aromatic N) is 4. The van der Waals surface area contributed by atoms with Crippen molar-refractivity contribution in [2.45, 2.75) is 25.8 Å². The molecule has 0 saturated carbocycles. The number of rotatable bonds is 6. The van der Waals surface area contributed by atoms with E-state index in [-0.39, 0.29) is 17.5 Å². The highest BCUT2D eigenvalue weighted by molar-refractivity contribution is 6.31. The molecule has 3 heterocycles. The molecule has 0 atom stereocenters. The minimum atomic E-state index is -0.279. The number of benzene rings is 1. The molecule has 8 nitrogen and oxygen atoms in total. The molecule has 2 amide bonds. The molecule has 1 saturated heterocycles. The van der Waals surface area contributed by atoms with Gasteiger partial charge in [0.2, 0.25) is 5.91 Å². The fourth-order valence-electron chi connectivity index (χ4n) is 3.46. The summed E-state index contributed by atoms with van der Waals surface area (Å²) in [7, 11) is 0. The van der Waals surface area contributed by atoms with E-state index in [9.17, 15) is 14.4 Å². The molecule has 0 aliphatic carbocycles. The van der Waals surface area contributed by atoms with Gasteiger partial charge < -0.3 is 10.2 Å². The van der Waals surface area contributed by atoms with Gasteiger partial charge in [-0.25, -0.2) is 9.48 Å². The highest BCUT2D eigenvalue weighted by atomic mass is 35.5. The van der Waals surface area contributed by atoms with Crippen molar-refractivity contribution in [2.75, 3.05) is 18.0 Å². The van der Waals surface area contributed by atoms with Gasteiger partial charge in [0.25, 0.3) is 5.91 Å². The smallest absolute Gasteiger partial charge is 0.350 e. The number of aromatic nitrogens is 3. The number of anilines is 1. The van der Waals surface area contributed by atoms with Crippen molar-refractivity contribution in [1.29, 1.82) is 0 Å². The van der Waals surface area contributed by atoms with Gasteiger partial charge in [-0.2, -0.15) is 0 Å². The Bertz CT molecular complexity index is 1140. The van der Waals surface area contributed by atoms with Crippen LogP contribution in [0.15, 0.2) is 47.4 Å². The molecule has 0 radical (unpaired) electrons. The van der Waals surface area contributed by atoms with Crippen LogP contribution in [0.5, 0.6) is 0 Å². The molecule has 4 rings (SSSR count). The number of carbonyl (C=O) groups excluding carboxylic acids is 2. The van der Waals surface area contributed by atoms with Crippen molar-refractivity contribution >= 4 is 34.7 Å². The molecule has 0 spiro atoms. The number of nitrogens with one attached hydrogen (secondary N) is 1. The third kappa shape index (κ3) is 3.88. The van der Waals surface area contributed by atoms with Crippen molar-refractivity contribution in [2.24, 2.45) is 0 Å². The Hall–Kier alpha value is -3.13. The first kappa shape index (κ1) is 19.2. The SMILES string of the molecule is O=C(NCCCn1nc2ccccn2c1=O)c1ccc(Cl)cc1N1CCCC1=O. The topological polar surface area (TPSA) is 88.7 Å². The van der Waals surface area contributed by atoms with Gasteiger partial charge >= 0.3 is 5.69 Å². The van der Waals surface area contributed by atoms with Gasteiger partial charge in [0.1, 0.15) is 0 Å². The largest absolute Gasteiger partial charge is 0.352 e. The van der Waals surface area contributed by atoms with Gasteiger partial charge in [-0.3, -0.25) is 14.0 Å². The quantitative estimate of drug-likeness (QED) is 0.627. The number of amides is 2. The maximum atomic E-state index is 12.7. The Balaban J connectivity index is 1.40. The lowest BCUT2D eigenvalue weighted by Crippen LogP contribution is -2.31. The lowest BCUT2D eigenvalue weighted by Gasteiger charge is -2.19. The number of hydrogen-bond acceptors (Lipinski definition) is 4. The van der Waals surface area contributed by atoms with Crippen LogP contribution in [0.25, 0.3) is 5.65 Å². The maximum absolute atomic E-state index is 12.7. The summed E-state index contributed by atoms with van der Waals surface area (Å²) in [5.41, 5.74) is 1.32. The van der Waals surface area contributed by atoms with E-state index in [0.29, 0.717) is 54.4 Å². The van der Waals surface area contributed by atoms with Crippen molar-refractivity contribution < 1.29 is 9.59 Å². The molecule has 9 heteroatoms. The average molecular weight is 414 g/mol. The van der Waals surface area contributed by atoms with Crippen LogP contribution in [0.3, 0.4) is 0 Å². The van der Waals surface area contributed by atoms with Crippen LogP contribution in [0.1, 0.15) is 29.6 Å². The molecule has 1 fully saturated rings. The number of hydrogen-bond donors (Lipinski definition) is 1. The molecule has 0 unspecified atom stereocenters. The Morgan fingerprint density at radius 3 is 2.83 bits per heavy atom. The Kier molecular flexibility index (Phi) is 5.35. The summed E-state index contributed by atoms with van der Waals surface area (Å²) in [4.78, 5) is 38.6. The van der Waals surface area contributed by atoms with Crippen LogP contribution < -0.4 is 15.9 Å². The second-order valence-corrected chi connectivity index (χ2v) is 7.29. The Morgan fingerprint density at radius 1 is 1.21 bits per heavy atom. The van der Waals surface area contributed by atoms with Crippen LogP contribution in [0, 0.1) is 0 Å². The first-order valence-corrected chi connectivity index (χ1v) is 9.85. The van der Waals surface area contributed by atoms with Gasteiger partial charge in [0.05, 0.1) is 11.3 Å². The van der Waals surface area contributed by atoms with E-state index in [1.165, 1.54) is 9.08 Å². The molecule has 1 aromatic carbocycles. The van der Waals surface area contributed by atoms with E-state index in [1.54, 1.807) is 41.4 Å². The van der Waals surface area contributed by atoms with Gasteiger partial charge in [0, 0.05) is 37.3 Å². The van der Waals surface area contributed by atoms with Gasteiger partial charge in [-0.15, -0.1) is 5.10 Å². The summed E-state index contributed by atoms with van der Waals surface area (Å²) in [6, 6.07) is 10.3. The molecular formula is C20H20ClN5O3. The summed E-state index contributed by atoms with van der Waals surface area (Å²) in [5, 5.41) is 7.59. The average Bonchev–Trinajstić information content (AvgIpc) is 3.28. The fraction of sp³-hybridized carbons (Fsp3) is 0.300. The predicted molar refractivity (Wildman–Crippen MR) is 109 cm³/mol. The van der Waals surface area contributed by atoms with Crippen LogP contribution >= 0.6 is 11.6 Å². The van der Waals surface area contributed by atoms with Crippen LogP contribution in [0.2, 0.25) is 5.02 Å². The number of fused-ring (bicyclic) bond motifs is 1. The molecule has 1 aliphatic rings. The number of pyridine rings is 1. The van der Waals surface area contributed by atoms with Crippen LogP contribution in [-0.4, -0.2) is 39.1 Å². The van der Waals surface area contributed by atoms with Crippen LogP contribution in [-0.2, 0) is 11.3 Å². The first-order valence-electron chi connectivity index (χ1n) is 9.47. The number of halogens is 1. The lowest BCUT2D eigenvalue weighted by atomic mass is 10.1. The zero-order chi connectivity index (χ0) is 20.4. The normalized spacial score (nSPS) is 14.0. The minimum Gasteiger partial charge on any atom is -0.352 e. The molecule has 1 aliphatic heterocycles.